The topological polar surface area (TPSA) is 30.5 Å². The minimum absolute atomic E-state index is 0.169. The van der Waals surface area contributed by atoms with Gasteiger partial charge in [-0.2, -0.15) is 0 Å². The van der Waals surface area contributed by atoms with Gasteiger partial charge in [0.15, 0.2) is 0 Å². The summed E-state index contributed by atoms with van der Waals surface area (Å²) in [6.07, 6.45) is 2.09. The third kappa shape index (κ3) is 8.86. The third-order valence-electron chi connectivity index (χ3n) is 3.15. The number of hydrogen-bond donors (Lipinski definition) is 1. The molecule has 21 heavy (non-hydrogen) atoms. The molecule has 0 aliphatic carbocycles. The van der Waals surface area contributed by atoms with Gasteiger partial charge in [0.2, 0.25) is 0 Å². The molecular weight excluding hydrogens is 262 g/mol. The van der Waals surface area contributed by atoms with E-state index in [1.54, 1.807) is 0 Å². The number of ether oxygens (including phenoxy) is 2. The first-order valence-corrected chi connectivity index (χ1v) is 8.00. The summed E-state index contributed by atoms with van der Waals surface area (Å²) in [4.78, 5) is 0. The van der Waals surface area contributed by atoms with Gasteiger partial charge in [-0.15, -0.1) is 0 Å². The van der Waals surface area contributed by atoms with E-state index in [-0.39, 0.29) is 5.54 Å². The highest BCUT2D eigenvalue weighted by molar-refractivity contribution is 5.26. The van der Waals surface area contributed by atoms with Crippen LogP contribution in [0.15, 0.2) is 24.3 Å². The first-order chi connectivity index (χ1) is 10.0. The summed E-state index contributed by atoms with van der Waals surface area (Å²) >= 11 is 0. The Morgan fingerprint density at radius 3 is 2.29 bits per heavy atom. The van der Waals surface area contributed by atoms with E-state index in [4.69, 9.17) is 9.47 Å². The van der Waals surface area contributed by atoms with Gasteiger partial charge < -0.3 is 14.8 Å². The summed E-state index contributed by atoms with van der Waals surface area (Å²) in [5.74, 6) is 0. The van der Waals surface area contributed by atoms with E-state index >= 15 is 0 Å². The lowest BCUT2D eigenvalue weighted by atomic mass is 10.0. The second kappa shape index (κ2) is 9.93. The Hall–Kier alpha value is -0.900. The van der Waals surface area contributed by atoms with E-state index < -0.39 is 0 Å². The Bertz CT molecular complexity index is 385. The standard InChI is InChI=1S/C18H31NO2/c1-5-12-20-13-14-21-15-17-9-7-6-8-16(17)10-11-19-18(2,3)4/h6-9,19H,5,10-15H2,1-4H3. The average molecular weight is 293 g/mol. The van der Waals surface area contributed by atoms with Crippen LogP contribution in [0.3, 0.4) is 0 Å². The van der Waals surface area contributed by atoms with Crippen molar-refractivity contribution in [2.45, 2.75) is 52.7 Å². The summed E-state index contributed by atoms with van der Waals surface area (Å²) in [5, 5.41) is 3.53. The zero-order chi connectivity index (χ0) is 15.6. The van der Waals surface area contributed by atoms with Crippen molar-refractivity contribution in [3.8, 4) is 0 Å². The largest absolute Gasteiger partial charge is 0.379 e. The van der Waals surface area contributed by atoms with E-state index in [9.17, 15) is 0 Å². The molecule has 0 saturated heterocycles. The molecule has 1 aromatic rings. The molecule has 0 amide bonds. The molecule has 0 unspecified atom stereocenters. The second-order valence-electron chi connectivity index (χ2n) is 6.36. The van der Waals surface area contributed by atoms with Crippen molar-refractivity contribution in [1.29, 1.82) is 0 Å². The van der Waals surface area contributed by atoms with Gasteiger partial charge in [-0.1, -0.05) is 31.2 Å². The zero-order valence-corrected chi connectivity index (χ0v) is 14.1. The quantitative estimate of drug-likeness (QED) is 0.669. The van der Waals surface area contributed by atoms with Crippen LogP contribution in [-0.2, 0) is 22.5 Å². The fraction of sp³-hybridized carbons (Fsp3) is 0.667. The van der Waals surface area contributed by atoms with Gasteiger partial charge in [-0.05, 0) is 51.3 Å². The van der Waals surface area contributed by atoms with Crippen molar-refractivity contribution < 1.29 is 9.47 Å². The summed E-state index contributed by atoms with van der Waals surface area (Å²) in [7, 11) is 0. The van der Waals surface area contributed by atoms with E-state index in [1.165, 1.54) is 11.1 Å². The molecule has 3 heteroatoms. The monoisotopic (exact) mass is 293 g/mol. The van der Waals surface area contributed by atoms with Gasteiger partial charge in [0, 0.05) is 12.1 Å². The van der Waals surface area contributed by atoms with Gasteiger partial charge >= 0.3 is 0 Å². The van der Waals surface area contributed by atoms with Crippen molar-refractivity contribution in [2.75, 3.05) is 26.4 Å². The van der Waals surface area contributed by atoms with E-state index in [1.807, 2.05) is 0 Å². The molecule has 1 aromatic carbocycles. The zero-order valence-electron chi connectivity index (χ0n) is 14.1. The predicted molar refractivity (Wildman–Crippen MR) is 88.7 cm³/mol. The highest BCUT2D eigenvalue weighted by Gasteiger charge is 2.08. The smallest absolute Gasteiger partial charge is 0.0720 e. The van der Waals surface area contributed by atoms with Crippen LogP contribution < -0.4 is 5.32 Å². The minimum Gasteiger partial charge on any atom is -0.379 e. The Morgan fingerprint density at radius 2 is 1.62 bits per heavy atom. The molecule has 120 valence electrons. The lowest BCUT2D eigenvalue weighted by Gasteiger charge is -2.21. The molecule has 0 saturated carbocycles. The minimum atomic E-state index is 0.169. The molecule has 0 atom stereocenters. The van der Waals surface area contributed by atoms with Crippen molar-refractivity contribution >= 4 is 0 Å². The number of nitrogens with one attached hydrogen (secondary N) is 1. The molecule has 3 nitrogen and oxygen atoms in total. The predicted octanol–water partition coefficient (Wildman–Crippen LogP) is 3.56. The van der Waals surface area contributed by atoms with Crippen LogP contribution >= 0.6 is 0 Å². The first-order valence-electron chi connectivity index (χ1n) is 8.00. The fourth-order valence-corrected chi connectivity index (χ4v) is 2.06. The third-order valence-corrected chi connectivity index (χ3v) is 3.15. The Labute approximate surface area is 130 Å². The lowest BCUT2D eigenvalue weighted by Crippen LogP contribution is -2.37. The summed E-state index contributed by atoms with van der Waals surface area (Å²) in [6, 6.07) is 8.52. The van der Waals surface area contributed by atoms with Crippen LogP contribution in [0.25, 0.3) is 0 Å². The van der Waals surface area contributed by atoms with Crippen molar-refractivity contribution in [3.63, 3.8) is 0 Å². The molecule has 0 bridgehead atoms. The maximum absolute atomic E-state index is 5.71. The van der Waals surface area contributed by atoms with E-state index in [0.717, 1.165) is 26.0 Å². The highest BCUT2D eigenvalue weighted by Crippen LogP contribution is 2.11. The van der Waals surface area contributed by atoms with Crippen molar-refractivity contribution in [2.24, 2.45) is 0 Å². The molecule has 0 radical (unpaired) electrons. The van der Waals surface area contributed by atoms with Crippen molar-refractivity contribution in [3.05, 3.63) is 35.4 Å². The molecule has 1 rings (SSSR count). The fourth-order valence-electron chi connectivity index (χ4n) is 2.06. The van der Waals surface area contributed by atoms with Gasteiger partial charge in [0.1, 0.15) is 0 Å². The highest BCUT2D eigenvalue weighted by atomic mass is 16.5. The van der Waals surface area contributed by atoms with Crippen LogP contribution in [-0.4, -0.2) is 31.9 Å². The van der Waals surface area contributed by atoms with Gasteiger partial charge in [0.05, 0.1) is 19.8 Å². The normalized spacial score (nSPS) is 11.8. The molecule has 0 spiro atoms. The van der Waals surface area contributed by atoms with E-state index in [2.05, 4.69) is 57.3 Å². The number of hydrogen-bond acceptors (Lipinski definition) is 3. The Balaban J connectivity index is 2.33. The molecular formula is C18H31NO2. The van der Waals surface area contributed by atoms with Gasteiger partial charge in [-0.3, -0.25) is 0 Å². The molecule has 1 N–H and O–H groups in total. The Morgan fingerprint density at radius 1 is 0.952 bits per heavy atom. The first kappa shape index (κ1) is 18.1. The summed E-state index contributed by atoms with van der Waals surface area (Å²) in [5.41, 5.74) is 2.81. The maximum Gasteiger partial charge on any atom is 0.0720 e. The molecule has 0 fully saturated rings. The van der Waals surface area contributed by atoms with Gasteiger partial charge in [-0.25, -0.2) is 0 Å². The van der Waals surface area contributed by atoms with Crippen molar-refractivity contribution in [1.82, 2.24) is 5.32 Å². The average Bonchev–Trinajstić information content (AvgIpc) is 2.43. The van der Waals surface area contributed by atoms with Crippen LogP contribution in [0.2, 0.25) is 0 Å². The summed E-state index contributed by atoms with van der Waals surface area (Å²) in [6.45, 7) is 12.5. The Kier molecular flexibility index (Phi) is 8.58. The molecule has 0 heterocycles. The number of rotatable bonds is 10. The van der Waals surface area contributed by atoms with Crippen LogP contribution in [0.4, 0.5) is 0 Å². The number of benzene rings is 1. The molecule has 0 aliphatic rings. The lowest BCUT2D eigenvalue weighted by molar-refractivity contribution is 0.0406. The second-order valence-corrected chi connectivity index (χ2v) is 6.36. The maximum atomic E-state index is 5.71. The van der Waals surface area contributed by atoms with E-state index in [0.29, 0.717) is 19.8 Å². The van der Waals surface area contributed by atoms with Crippen LogP contribution in [0.1, 0.15) is 45.2 Å². The van der Waals surface area contributed by atoms with Crippen LogP contribution in [0, 0.1) is 0 Å². The molecule has 0 aromatic heterocycles. The SMILES string of the molecule is CCCOCCOCc1ccccc1CCNC(C)(C)C. The summed E-state index contributed by atoms with van der Waals surface area (Å²) < 4.78 is 11.1. The van der Waals surface area contributed by atoms with Gasteiger partial charge in [0.25, 0.3) is 0 Å². The van der Waals surface area contributed by atoms with Crippen LogP contribution in [0.5, 0.6) is 0 Å². The molecule has 0 aliphatic heterocycles.